The van der Waals surface area contributed by atoms with Gasteiger partial charge in [0.05, 0.1) is 15.4 Å². The number of carbonyl (C=O) groups is 1. The van der Waals surface area contributed by atoms with Crippen molar-refractivity contribution in [2.75, 3.05) is 0 Å². The van der Waals surface area contributed by atoms with Gasteiger partial charge in [-0.25, -0.2) is 17.8 Å². The smallest absolute Gasteiger partial charge is 0.253 e. The average molecular weight is 423 g/mol. The number of rotatable bonds is 5. The molecule has 0 unspecified atom stereocenters. The van der Waals surface area contributed by atoms with Gasteiger partial charge in [-0.3, -0.25) is 4.79 Å². The Bertz CT molecular complexity index is 1330. The summed E-state index contributed by atoms with van der Waals surface area (Å²) in [4.78, 5) is 16.5. The zero-order valence-corrected chi connectivity index (χ0v) is 16.9. The molecule has 0 bridgehead atoms. The molecule has 0 radical (unpaired) electrons. The van der Waals surface area contributed by atoms with Gasteiger partial charge in [-0.1, -0.05) is 12.1 Å². The highest BCUT2D eigenvalue weighted by atomic mass is 32.2. The lowest BCUT2D eigenvalue weighted by atomic mass is 10.2. The predicted molar refractivity (Wildman–Crippen MR) is 109 cm³/mol. The monoisotopic (exact) mass is 423 g/mol. The van der Waals surface area contributed by atoms with Crippen LogP contribution in [0.3, 0.4) is 0 Å². The van der Waals surface area contributed by atoms with Crippen molar-refractivity contribution in [2.45, 2.75) is 23.3 Å². The molecule has 152 valence electrons. The van der Waals surface area contributed by atoms with Crippen LogP contribution in [-0.2, 0) is 16.4 Å². The fraction of sp³-hybridized carbons (Fsp3) is 0.0909. The van der Waals surface area contributed by atoms with E-state index in [1.165, 1.54) is 24.3 Å². The van der Waals surface area contributed by atoms with E-state index in [-0.39, 0.29) is 22.2 Å². The molecule has 0 spiro atoms. The number of nitrogens with one attached hydrogen (secondary N) is 1. The molecule has 0 fully saturated rings. The van der Waals surface area contributed by atoms with Crippen LogP contribution in [-0.4, -0.2) is 23.7 Å². The third kappa shape index (κ3) is 3.95. The lowest BCUT2D eigenvalue weighted by Crippen LogP contribution is -2.23. The number of nitrogens with zero attached hydrogens (tertiary/aromatic N) is 2. The minimum atomic E-state index is -3.83. The van der Waals surface area contributed by atoms with E-state index in [4.69, 9.17) is 0 Å². The number of fused-ring (bicyclic) bond motifs is 1. The van der Waals surface area contributed by atoms with Crippen LogP contribution in [0.1, 0.15) is 21.5 Å². The van der Waals surface area contributed by atoms with Crippen molar-refractivity contribution in [1.82, 2.24) is 14.7 Å². The van der Waals surface area contributed by atoms with Crippen LogP contribution in [0.5, 0.6) is 0 Å². The van der Waals surface area contributed by atoms with Crippen LogP contribution in [0.15, 0.2) is 83.0 Å². The second-order valence-corrected chi connectivity index (χ2v) is 8.85. The van der Waals surface area contributed by atoms with E-state index in [1.54, 1.807) is 54.2 Å². The fourth-order valence-corrected chi connectivity index (χ4v) is 4.49. The summed E-state index contributed by atoms with van der Waals surface area (Å²) < 4.78 is 40.8. The van der Waals surface area contributed by atoms with Crippen LogP contribution in [0.4, 0.5) is 4.39 Å². The molecule has 0 aliphatic heterocycles. The normalized spacial score (nSPS) is 11.5. The number of pyridine rings is 1. The van der Waals surface area contributed by atoms with Gasteiger partial charge >= 0.3 is 0 Å². The number of sulfone groups is 1. The molecule has 1 N–H and O–H groups in total. The zero-order valence-electron chi connectivity index (χ0n) is 16.0. The largest absolute Gasteiger partial charge is 0.348 e. The van der Waals surface area contributed by atoms with E-state index in [0.717, 1.165) is 17.3 Å². The summed E-state index contributed by atoms with van der Waals surface area (Å²) in [5.74, 6) is -0.848. The van der Waals surface area contributed by atoms with Crippen molar-refractivity contribution >= 4 is 21.4 Å². The lowest BCUT2D eigenvalue weighted by molar-refractivity contribution is 0.0950. The number of imidazole rings is 1. The topological polar surface area (TPSA) is 80.5 Å². The van der Waals surface area contributed by atoms with Crippen LogP contribution in [0.25, 0.3) is 5.65 Å². The number of amides is 1. The number of benzene rings is 2. The van der Waals surface area contributed by atoms with Crippen molar-refractivity contribution < 1.29 is 17.6 Å². The maximum absolute atomic E-state index is 13.6. The predicted octanol–water partition coefficient (Wildman–Crippen LogP) is 3.54. The first-order chi connectivity index (χ1) is 14.3. The number of hydrogen-bond donors (Lipinski definition) is 1. The second-order valence-electron chi connectivity index (χ2n) is 6.90. The summed E-state index contributed by atoms with van der Waals surface area (Å²) in [6.45, 7) is 1.87. The van der Waals surface area contributed by atoms with Crippen molar-refractivity contribution in [3.8, 4) is 0 Å². The van der Waals surface area contributed by atoms with Gasteiger partial charge in [-0.2, -0.15) is 0 Å². The fourth-order valence-electron chi connectivity index (χ4n) is 3.12. The number of aromatic nitrogens is 2. The van der Waals surface area contributed by atoms with Crippen molar-refractivity contribution in [2.24, 2.45) is 0 Å². The number of carbonyl (C=O) groups excluding carboxylic acids is 1. The van der Waals surface area contributed by atoms with Crippen molar-refractivity contribution in [3.63, 3.8) is 0 Å². The minimum absolute atomic E-state index is 0.0631. The zero-order chi connectivity index (χ0) is 21.3. The molecule has 6 nitrogen and oxygen atoms in total. The van der Waals surface area contributed by atoms with E-state index in [2.05, 4.69) is 10.3 Å². The van der Waals surface area contributed by atoms with Gasteiger partial charge in [0.15, 0.2) is 0 Å². The summed E-state index contributed by atoms with van der Waals surface area (Å²) in [6.07, 6.45) is 5.09. The van der Waals surface area contributed by atoms with Gasteiger partial charge in [0.1, 0.15) is 11.5 Å². The first kappa shape index (κ1) is 19.8. The highest BCUT2D eigenvalue weighted by molar-refractivity contribution is 7.91. The molecule has 8 heteroatoms. The minimum Gasteiger partial charge on any atom is -0.348 e. The van der Waals surface area contributed by atoms with Crippen LogP contribution >= 0.6 is 0 Å². The van der Waals surface area contributed by atoms with E-state index < -0.39 is 15.7 Å². The van der Waals surface area contributed by atoms with Crippen molar-refractivity contribution in [3.05, 3.63) is 95.7 Å². The van der Waals surface area contributed by atoms with Gasteiger partial charge in [0.2, 0.25) is 9.84 Å². The van der Waals surface area contributed by atoms with Gasteiger partial charge in [0.25, 0.3) is 5.91 Å². The van der Waals surface area contributed by atoms with Crippen LogP contribution in [0.2, 0.25) is 0 Å². The molecule has 0 saturated heterocycles. The molecular formula is C22H18FN3O3S. The summed E-state index contributed by atoms with van der Waals surface area (Å²) >= 11 is 0. The molecule has 0 atom stereocenters. The van der Waals surface area contributed by atoms with Crippen molar-refractivity contribution in [1.29, 1.82) is 0 Å². The third-order valence-corrected chi connectivity index (χ3v) is 6.41. The second kappa shape index (κ2) is 7.72. The molecule has 0 saturated carbocycles. The highest BCUT2D eigenvalue weighted by Crippen LogP contribution is 2.23. The molecule has 1 amide bonds. The van der Waals surface area contributed by atoms with E-state index >= 15 is 0 Å². The Kier molecular flexibility index (Phi) is 5.09. The van der Waals surface area contributed by atoms with Gasteiger partial charge in [0, 0.05) is 25.1 Å². The number of hydrogen-bond acceptors (Lipinski definition) is 4. The summed E-state index contributed by atoms with van der Waals surface area (Å²) in [7, 11) is -3.83. The lowest BCUT2D eigenvalue weighted by Gasteiger charge is -2.09. The van der Waals surface area contributed by atoms with E-state index in [0.29, 0.717) is 11.1 Å². The summed E-state index contributed by atoms with van der Waals surface area (Å²) in [5.41, 5.74) is 2.50. The Labute approximate surface area is 172 Å². The molecule has 4 aromatic rings. The Hall–Kier alpha value is -3.52. The van der Waals surface area contributed by atoms with Gasteiger partial charge in [-0.15, -0.1) is 0 Å². The summed E-state index contributed by atoms with van der Waals surface area (Å²) in [6, 6.07) is 13.3. The number of aryl methyl sites for hydroxylation is 1. The third-order valence-electron chi connectivity index (χ3n) is 4.66. The van der Waals surface area contributed by atoms with Gasteiger partial charge < -0.3 is 9.72 Å². The first-order valence-electron chi connectivity index (χ1n) is 9.15. The standard InChI is InChI=1S/C22H18FN3O3S/c1-15-10-18(23)12-20(11-15)30(28,29)19-5-2-16(3-6-19)13-25-22(27)17-4-7-21-24-8-9-26(21)14-17/h2-12,14H,13H2,1H3,(H,25,27). The number of halogens is 1. The molecule has 4 rings (SSSR count). The summed E-state index contributed by atoms with van der Waals surface area (Å²) in [5, 5.41) is 2.81. The average Bonchev–Trinajstić information content (AvgIpc) is 3.19. The SMILES string of the molecule is Cc1cc(F)cc(S(=O)(=O)c2ccc(CNC(=O)c3ccc4nccn4c3)cc2)c1. The molecule has 0 aliphatic rings. The van der Waals surface area contributed by atoms with Crippen LogP contribution < -0.4 is 5.32 Å². The Morgan fingerprint density at radius 2 is 1.83 bits per heavy atom. The van der Waals surface area contributed by atoms with Gasteiger partial charge in [-0.05, 0) is 60.5 Å². The maximum Gasteiger partial charge on any atom is 0.253 e. The van der Waals surface area contributed by atoms with E-state index in [9.17, 15) is 17.6 Å². The van der Waals surface area contributed by atoms with Crippen LogP contribution in [0, 0.1) is 12.7 Å². The molecule has 2 aromatic carbocycles. The molecular weight excluding hydrogens is 405 g/mol. The quantitative estimate of drug-likeness (QED) is 0.532. The Balaban J connectivity index is 1.47. The molecule has 0 aliphatic carbocycles. The molecule has 30 heavy (non-hydrogen) atoms. The Morgan fingerprint density at radius 1 is 1.07 bits per heavy atom. The maximum atomic E-state index is 13.6. The molecule has 2 aromatic heterocycles. The molecule has 2 heterocycles. The first-order valence-corrected chi connectivity index (χ1v) is 10.6. The Morgan fingerprint density at radius 3 is 2.57 bits per heavy atom. The van der Waals surface area contributed by atoms with E-state index in [1.807, 2.05) is 0 Å². The highest BCUT2D eigenvalue weighted by Gasteiger charge is 2.19.